The number of anilines is 4. The van der Waals surface area contributed by atoms with Gasteiger partial charge in [-0.05, 0) is 219 Å². The van der Waals surface area contributed by atoms with Crippen LogP contribution in [0.1, 0.15) is 142 Å². The molecule has 10 aromatic heterocycles. The number of aryl methyl sites for hydroxylation is 6. The summed E-state index contributed by atoms with van der Waals surface area (Å²) in [5.41, 5.74) is 17.2. The zero-order valence-electron chi connectivity index (χ0n) is 71.7. The standard InChI is InChI=1S/C25H24N6O2.C24H28BN5O4.C18H18BrN5O3.C18H16BrN5O2.C7H8BrN/c1-2-20-10-9-18(14-26-20)17-7-8-19-15-33-12-4-11-31-16-27-30-24(31)22-5-3-6-23(28-22)29-25(32)21(19)13-17;1-23(2)24(3,4)34-25(33-23)17-10-9-16-14-32-12-6-11-30-15-26-29-21(30)19-7-5-8-20(27-19)28-22(31)18(16)13-17;19-13-6-5-12(14(9-13)18(25)26)10-27-8-2-7-24-11-21-23-17(24)15-3-1-4-16(20)22-15;19-13-6-5-12-10-26-8-2-7-24-11-20-23-17(24)15-3-1-4-16(21-15)22-18(25)14(12)9-13;1-2-7-4-3-6(8)5-9-7/h3,5-10,13-14,16H,2,4,11-12,15H2,1H3,(H,28,29,32);5,7-10,13,15H,6,11-12,14H2,1-4H3,(H,27,28,31);1,3-6,9,11H,2,7-8,10H2,(H2,20,22)(H,25,26);1,3-6,9,11H,2,7-8,10H2,(H,21,22,25);3-5H,2H2,1H3. The number of aromatic carboxylic acids is 1. The van der Waals surface area contributed by atoms with Crippen molar-refractivity contribution in [1.29, 1.82) is 0 Å². The first-order valence-corrected chi connectivity index (χ1v) is 44.3. The Kier molecular flexibility index (Phi) is 31.4. The van der Waals surface area contributed by atoms with Crippen molar-refractivity contribution in [3.05, 3.63) is 277 Å². The van der Waals surface area contributed by atoms with Gasteiger partial charge in [0.1, 0.15) is 71.4 Å². The van der Waals surface area contributed by atoms with Crippen LogP contribution in [0.15, 0.2) is 221 Å². The summed E-state index contributed by atoms with van der Waals surface area (Å²) in [7, 11) is -0.565. The summed E-state index contributed by atoms with van der Waals surface area (Å²) >= 11 is 10.0. The summed E-state index contributed by atoms with van der Waals surface area (Å²) in [6.45, 7) is 18.4. The first kappa shape index (κ1) is 92.5. The molecule has 6 N–H and O–H groups in total. The Bertz CT molecular complexity index is 6220. The lowest BCUT2D eigenvalue weighted by atomic mass is 9.77. The maximum absolute atomic E-state index is 13.4. The molecule has 662 valence electrons. The number of halogens is 3. The van der Waals surface area contributed by atoms with E-state index >= 15 is 0 Å². The molecule has 4 aliphatic rings. The lowest BCUT2D eigenvalue weighted by Gasteiger charge is -2.32. The molecule has 18 rings (SSSR count). The van der Waals surface area contributed by atoms with Gasteiger partial charge < -0.3 is 73.3 Å². The summed E-state index contributed by atoms with van der Waals surface area (Å²) in [6, 6.07) is 52.0. The first-order chi connectivity index (χ1) is 62.5. The van der Waals surface area contributed by atoms with Crippen LogP contribution in [-0.2, 0) is 93.7 Å². The van der Waals surface area contributed by atoms with E-state index < -0.39 is 24.3 Å². The van der Waals surface area contributed by atoms with Gasteiger partial charge in [-0.1, -0.05) is 112 Å². The zero-order valence-corrected chi connectivity index (χ0v) is 76.5. The van der Waals surface area contributed by atoms with E-state index in [0.717, 1.165) is 96.7 Å². The average Bonchev–Trinajstić information content (AvgIpc) is 1.62. The van der Waals surface area contributed by atoms with Crippen LogP contribution in [0.2, 0.25) is 0 Å². The molecule has 0 saturated carbocycles. The molecule has 4 aliphatic heterocycles. The number of nitrogens with one attached hydrogen (secondary N) is 3. The van der Waals surface area contributed by atoms with E-state index in [2.05, 4.69) is 148 Å². The number of amides is 3. The van der Waals surface area contributed by atoms with Crippen molar-refractivity contribution in [1.82, 2.24) is 89.0 Å². The largest absolute Gasteiger partial charge is 0.494 e. The predicted molar refractivity (Wildman–Crippen MR) is 496 cm³/mol. The zero-order chi connectivity index (χ0) is 90.4. The number of carbonyl (C=O) groups is 4. The minimum absolute atomic E-state index is 0.229. The van der Waals surface area contributed by atoms with Gasteiger partial charge in [0.2, 0.25) is 0 Å². The quantitative estimate of drug-likeness (QED) is 0.0560. The van der Waals surface area contributed by atoms with Crippen molar-refractivity contribution in [3.63, 3.8) is 0 Å². The number of hydrogen-bond donors (Lipinski definition) is 5. The number of carboxylic acids is 1. The number of carbonyl (C=O) groups excluding carboxylic acids is 3. The molecule has 1 fully saturated rings. The summed E-state index contributed by atoms with van der Waals surface area (Å²) in [5.74, 6) is 2.68. The fourth-order valence-electron chi connectivity index (χ4n) is 13.9. The highest BCUT2D eigenvalue weighted by Gasteiger charge is 2.52. The number of benzene rings is 4. The summed E-state index contributed by atoms with van der Waals surface area (Å²) < 4.78 is 45.9. The Hall–Kier alpha value is -12.7. The fourth-order valence-corrected chi connectivity index (χ4v) is 14.8. The smallest absolute Gasteiger partial charge is 0.478 e. The van der Waals surface area contributed by atoms with Crippen LogP contribution >= 0.6 is 47.8 Å². The molecule has 14 aromatic rings. The molecule has 0 spiro atoms. The van der Waals surface area contributed by atoms with Crippen LogP contribution in [0.3, 0.4) is 0 Å². The minimum atomic E-state index is -0.973. The molecule has 0 aliphatic carbocycles. The molecule has 33 nitrogen and oxygen atoms in total. The number of aromatic nitrogens is 18. The lowest BCUT2D eigenvalue weighted by molar-refractivity contribution is 0.00578. The molecule has 0 radical (unpaired) electrons. The third-order valence-corrected chi connectivity index (χ3v) is 22.9. The predicted octanol–water partition coefficient (Wildman–Crippen LogP) is 15.6. The number of nitrogens with two attached hydrogens (primary N) is 1. The van der Waals surface area contributed by atoms with E-state index in [0.29, 0.717) is 164 Å². The number of nitrogens with zero attached hydrogens (tertiary/aromatic N) is 18. The molecule has 129 heavy (non-hydrogen) atoms. The Morgan fingerprint density at radius 3 is 1.43 bits per heavy atom. The minimum Gasteiger partial charge on any atom is -0.478 e. The number of carboxylic acid groups (broad SMARTS) is 1. The van der Waals surface area contributed by atoms with Gasteiger partial charge in [-0.2, -0.15) is 0 Å². The summed E-state index contributed by atoms with van der Waals surface area (Å²) in [6.07, 6.45) is 15.3. The second kappa shape index (κ2) is 43.9. The van der Waals surface area contributed by atoms with Crippen molar-refractivity contribution in [2.45, 2.75) is 144 Å². The second-order valence-corrected chi connectivity index (χ2v) is 33.8. The van der Waals surface area contributed by atoms with Crippen molar-refractivity contribution < 1.29 is 52.5 Å². The normalized spacial score (nSPS) is 14.7. The third kappa shape index (κ3) is 24.4. The van der Waals surface area contributed by atoms with Crippen LogP contribution in [0, 0.1) is 0 Å². The van der Waals surface area contributed by atoms with E-state index in [4.69, 9.17) is 34.0 Å². The maximum Gasteiger partial charge on any atom is 0.494 e. The van der Waals surface area contributed by atoms with Crippen LogP contribution in [0.25, 0.3) is 57.2 Å². The van der Waals surface area contributed by atoms with Crippen LogP contribution in [-0.4, -0.2) is 163 Å². The van der Waals surface area contributed by atoms with E-state index in [-0.39, 0.29) is 29.9 Å². The molecule has 0 unspecified atom stereocenters. The number of ether oxygens (including phenoxy) is 4. The van der Waals surface area contributed by atoms with Crippen LogP contribution in [0.4, 0.5) is 23.3 Å². The molecule has 1 saturated heterocycles. The highest BCUT2D eigenvalue weighted by atomic mass is 79.9. The monoisotopic (exact) mass is 1930 g/mol. The van der Waals surface area contributed by atoms with E-state index in [1.807, 2.05) is 180 Å². The number of rotatable bonds is 12. The van der Waals surface area contributed by atoms with Gasteiger partial charge in [0.05, 0.1) is 43.2 Å². The van der Waals surface area contributed by atoms with Gasteiger partial charge in [0.25, 0.3) is 17.7 Å². The molecule has 0 atom stereocenters. The van der Waals surface area contributed by atoms with Crippen molar-refractivity contribution in [2.24, 2.45) is 0 Å². The number of nitrogen functional groups attached to an aromatic ring is 1. The highest BCUT2D eigenvalue weighted by molar-refractivity contribution is 9.11. The average molecular weight is 1930 g/mol. The van der Waals surface area contributed by atoms with Crippen molar-refractivity contribution >= 4 is 107 Å². The van der Waals surface area contributed by atoms with Gasteiger partial charge in [-0.15, -0.1) is 40.8 Å². The Morgan fingerprint density at radius 1 is 0.496 bits per heavy atom. The van der Waals surface area contributed by atoms with Crippen LogP contribution in [0.5, 0.6) is 0 Å². The Balaban J connectivity index is 0.000000135. The topological polar surface area (TPSA) is 406 Å². The molecule has 6 bridgehead atoms. The summed E-state index contributed by atoms with van der Waals surface area (Å²) in [4.78, 5) is 77.4. The molecule has 14 heterocycles. The SMILES string of the molecule is CC1(C)OB(c2ccc3c(c2)C(=O)Nc2cccc(n2)-c2nncn2CCCOC3)OC1(C)C.CCc1ccc(-c2ccc3c(c2)C(=O)Nc2cccc(n2)-c2nncn2CCCOC3)cn1.CCc1ccc(Br)cn1.Nc1cccc(-c2nncn2CCCOCc2ccc(Br)cc2C(=O)O)n1.O=C1Nc2cccc(n2)-c2nncn2CCCOCc2ccc(Br)cc21. The summed E-state index contributed by atoms with van der Waals surface area (Å²) in [5, 5.41) is 50.6. The van der Waals surface area contributed by atoms with Crippen molar-refractivity contribution in [3.8, 4) is 57.2 Å². The number of fused-ring (bicyclic) bond motifs is 15. The number of hydrogen-bond acceptors (Lipinski definition) is 25. The van der Waals surface area contributed by atoms with Gasteiger partial charge in [0.15, 0.2) is 23.3 Å². The van der Waals surface area contributed by atoms with Gasteiger partial charge in [-0.3, -0.25) is 24.4 Å². The van der Waals surface area contributed by atoms with E-state index in [1.54, 1.807) is 73.8 Å². The number of pyridine rings is 6. The van der Waals surface area contributed by atoms with Gasteiger partial charge >= 0.3 is 13.1 Å². The van der Waals surface area contributed by atoms with Crippen LogP contribution < -0.4 is 27.1 Å². The fraction of sp³-hybridized carbons (Fsp3) is 0.283. The maximum atomic E-state index is 13.4. The Labute approximate surface area is 769 Å². The molecular weight excluding hydrogens is 1840 g/mol. The van der Waals surface area contributed by atoms with E-state index in [1.165, 1.54) is 0 Å². The van der Waals surface area contributed by atoms with Crippen molar-refractivity contribution in [2.75, 3.05) is 48.1 Å². The van der Waals surface area contributed by atoms with Gasteiger partial charge in [0, 0.05) is 112 Å². The van der Waals surface area contributed by atoms with Gasteiger partial charge in [-0.25, -0.2) is 24.7 Å². The highest BCUT2D eigenvalue weighted by Crippen LogP contribution is 2.37. The van der Waals surface area contributed by atoms with E-state index in [9.17, 15) is 24.3 Å². The molecular formula is C92H94BBr3N22O11. The lowest BCUT2D eigenvalue weighted by Crippen LogP contribution is -2.41. The Morgan fingerprint density at radius 2 is 0.938 bits per heavy atom. The first-order valence-electron chi connectivity index (χ1n) is 41.9. The second-order valence-electron chi connectivity index (χ2n) is 31.0. The molecule has 3 amide bonds. The third-order valence-electron chi connectivity index (χ3n) is 21.5. The molecule has 4 aromatic carbocycles. The molecule has 37 heteroatoms.